The van der Waals surface area contributed by atoms with Crippen LogP contribution in [0.1, 0.15) is 12.6 Å². The molecular weight excluding hydrogens is 224 g/mol. The second-order valence-corrected chi connectivity index (χ2v) is 5.12. The Balaban J connectivity index is 2.67. The zero-order valence-corrected chi connectivity index (χ0v) is 11.1. The summed E-state index contributed by atoms with van der Waals surface area (Å²) >= 11 is 1.61. The van der Waals surface area contributed by atoms with Crippen LogP contribution >= 0.6 is 11.8 Å². The van der Waals surface area contributed by atoms with Crippen molar-refractivity contribution in [2.45, 2.75) is 19.4 Å². The molecule has 0 aliphatic carbocycles. The minimum atomic E-state index is -0.746. The van der Waals surface area contributed by atoms with Gasteiger partial charge in [0.2, 0.25) is 0 Å². The van der Waals surface area contributed by atoms with E-state index in [1.54, 1.807) is 23.4 Å². The van der Waals surface area contributed by atoms with Gasteiger partial charge in [0.15, 0.2) is 0 Å². The number of nitrogens with one attached hydrogen (secondary N) is 1. The van der Waals surface area contributed by atoms with E-state index < -0.39 is 5.60 Å². The zero-order chi connectivity index (χ0) is 12.3. The van der Waals surface area contributed by atoms with Crippen molar-refractivity contribution in [2.24, 2.45) is 7.05 Å². The van der Waals surface area contributed by atoms with Crippen molar-refractivity contribution in [1.82, 2.24) is 9.78 Å². The van der Waals surface area contributed by atoms with Gasteiger partial charge >= 0.3 is 0 Å². The van der Waals surface area contributed by atoms with E-state index in [9.17, 15) is 5.11 Å². The number of aryl methyl sites for hydroxylation is 2. The van der Waals surface area contributed by atoms with Crippen LogP contribution in [0.5, 0.6) is 0 Å². The van der Waals surface area contributed by atoms with E-state index >= 15 is 0 Å². The number of nitrogens with two attached hydrogens (primary N) is 1. The third kappa shape index (κ3) is 3.05. The molecule has 0 radical (unpaired) electrons. The largest absolute Gasteiger partial charge is 0.394 e. The molecule has 1 heterocycles. The highest BCUT2D eigenvalue weighted by atomic mass is 32.2. The van der Waals surface area contributed by atoms with Gasteiger partial charge in [-0.1, -0.05) is 0 Å². The Morgan fingerprint density at radius 3 is 2.69 bits per heavy atom. The van der Waals surface area contributed by atoms with Crippen molar-refractivity contribution >= 4 is 23.3 Å². The van der Waals surface area contributed by atoms with Gasteiger partial charge in [0.25, 0.3) is 0 Å². The van der Waals surface area contributed by atoms with Crippen molar-refractivity contribution in [3.05, 3.63) is 5.69 Å². The number of aromatic nitrogens is 2. The van der Waals surface area contributed by atoms with Crippen LogP contribution in [0.25, 0.3) is 0 Å². The summed E-state index contributed by atoms with van der Waals surface area (Å²) < 4.78 is 1.69. The number of thioether (sulfide) groups is 1. The van der Waals surface area contributed by atoms with E-state index in [2.05, 4.69) is 10.4 Å². The van der Waals surface area contributed by atoms with Crippen LogP contribution < -0.4 is 11.1 Å². The number of rotatable bonds is 5. The predicted molar refractivity (Wildman–Crippen MR) is 69.9 cm³/mol. The quantitative estimate of drug-likeness (QED) is 0.715. The average molecular weight is 244 g/mol. The maximum Gasteiger partial charge on any atom is 0.147 e. The number of hydrogen-bond donors (Lipinski definition) is 3. The molecule has 0 spiro atoms. The van der Waals surface area contributed by atoms with Gasteiger partial charge in [-0.05, 0) is 20.1 Å². The zero-order valence-electron chi connectivity index (χ0n) is 10.2. The molecule has 0 saturated carbocycles. The van der Waals surface area contributed by atoms with Crippen LogP contribution in [0.15, 0.2) is 0 Å². The molecule has 1 rings (SSSR count). The second-order valence-electron chi connectivity index (χ2n) is 4.25. The van der Waals surface area contributed by atoms with Crippen LogP contribution in [0.3, 0.4) is 0 Å². The summed E-state index contributed by atoms with van der Waals surface area (Å²) in [6.45, 7) is 4.12. The molecule has 0 aliphatic heterocycles. The minimum Gasteiger partial charge on any atom is -0.394 e. The first kappa shape index (κ1) is 13.2. The first-order valence-electron chi connectivity index (χ1n) is 5.11. The maximum atomic E-state index is 10.0. The van der Waals surface area contributed by atoms with E-state index in [1.165, 1.54) is 0 Å². The molecular formula is C10H20N4OS. The highest BCUT2D eigenvalue weighted by Gasteiger charge is 2.20. The fourth-order valence-corrected chi connectivity index (χ4v) is 2.24. The third-order valence-electron chi connectivity index (χ3n) is 2.36. The van der Waals surface area contributed by atoms with Crippen LogP contribution in [0, 0.1) is 6.92 Å². The number of anilines is 2. The van der Waals surface area contributed by atoms with Crippen molar-refractivity contribution < 1.29 is 5.11 Å². The average Bonchev–Trinajstić information content (AvgIpc) is 2.39. The van der Waals surface area contributed by atoms with Gasteiger partial charge in [-0.3, -0.25) is 4.68 Å². The lowest BCUT2D eigenvalue weighted by molar-refractivity contribution is 0.0996. The molecule has 1 aromatic heterocycles. The predicted octanol–water partition coefficient (Wildman–Crippen LogP) is 0.837. The molecule has 4 N–H and O–H groups in total. The van der Waals surface area contributed by atoms with E-state index in [0.717, 1.165) is 11.5 Å². The van der Waals surface area contributed by atoms with Crippen molar-refractivity contribution in [3.63, 3.8) is 0 Å². The number of nitrogen functional groups attached to an aromatic ring is 1. The van der Waals surface area contributed by atoms with Gasteiger partial charge in [-0.2, -0.15) is 16.9 Å². The summed E-state index contributed by atoms with van der Waals surface area (Å²) in [4.78, 5) is 0. The fraction of sp³-hybridized carbons (Fsp3) is 0.700. The molecule has 0 saturated heterocycles. The summed E-state index contributed by atoms with van der Waals surface area (Å²) in [5, 5.41) is 17.3. The Labute approximate surface area is 100 Å². The summed E-state index contributed by atoms with van der Waals surface area (Å²) in [7, 11) is 1.83. The summed E-state index contributed by atoms with van der Waals surface area (Å²) in [6.07, 6.45) is 1.97. The fourth-order valence-electron chi connectivity index (χ4n) is 1.52. The summed E-state index contributed by atoms with van der Waals surface area (Å²) in [5.74, 6) is 1.44. The van der Waals surface area contributed by atoms with Crippen LogP contribution in [0.2, 0.25) is 0 Å². The molecule has 1 unspecified atom stereocenters. The Hall–Kier alpha value is -0.880. The lowest BCUT2D eigenvalue weighted by Gasteiger charge is -2.23. The molecule has 0 amide bonds. The van der Waals surface area contributed by atoms with Crippen molar-refractivity contribution in [2.75, 3.05) is 29.6 Å². The minimum absolute atomic E-state index is 0.455. The molecule has 16 heavy (non-hydrogen) atoms. The number of aliphatic hydroxyl groups is 1. The molecule has 6 heteroatoms. The smallest absolute Gasteiger partial charge is 0.147 e. The normalized spacial score (nSPS) is 14.8. The van der Waals surface area contributed by atoms with Crippen LogP contribution in [-0.2, 0) is 7.05 Å². The van der Waals surface area contributed by atoms with Gasteiger partial charge in [0, 0.05) is 19.3 Å². The highest BCUT2D eigenvalue weighted by Crippen LogP contribution is 2.22. The molecule has 92 valence electrons. The standard InChI is InChI=1S/C10H20N4OS/c1-7-8(11)9(14(3)13-7)12-5-10(2,15)6-16-4/h12,15H,5-6,11H2,1-4H3. The van der Waals surface area contributed by atoms with Crippen LogP contribution in [0.4, 0.5) is 11.5 Å². The lowest BCUT2D eigenvalue weighted by atomic mass is 10.1. The molecule has 1 atom stereocenters. The van der Waals surface area contributed by atoms with Gasteiger partial charge in [-0.15, -0.1) is 0 Å². The number of nitrogens with zero attached hydrogens (tertiary/aromatic N) is 2. The first-order chi connectivity index (χ1) is 7.37. The lowest BCUT2D eigenvalue weighted by Crippen LogP contribution is -2.36. The van der Waals surface area contributed by atoms with E-state index in [1.807, 2.05) is 20.2 Å². The highest BCUT2D eigenvalue weighted by molar-refractivity contribution is 7.98. The second kappa shape index (κ2) is 4.97. The van der Waals surface area contributed by atoms with Gasteiger partial charge < -0.3 is 16.2 Å². The Morgan fingerprint density at radius 1 is 1.62 bits per heavy atom. The van der Waals surface area contributed by atoms with Crippen LogP contribution in [-0.4, -0.2) is 39.0 Å². The maximum absolute atomic E-state index is 10.0. The molecule has 5 nitrogen and oxygen atoms in total. The summed E-state index contributed by atoms with van der Waals surface area (Å²) in [6, 6.07) is 0. The van der Waals surface area contributed by atoms with Crippen molar-refractivity contribution in [1.29, 1.82) is 0 Å². The number of hydrogen-bond acceptors (Lipinski definition) is 5. The first-order valence-corrected chi connectivity index (χ1v) is 6.51. The molecule has 0 aliphatic rings. The molecule has 0 fully saturated rings. The Bertz CT molecular complexity index is 362. The summed E-state index contributed by atoms with van der Waals surface area (Å²) in [5.41, 5.74) is 6.57. The SMILES string of the molecule is CSCC(C)(O)CNc1c(N)c(C)nn1C. The van der Waals surface area contributed by atoms with E-state index in [0.29, 0.717) is 18.0 Å². The topological polar surface area (TPSA) is 76.1 Å². The van der Waals surface area contributed by atoms with Gasteiger partial charge in [0.05, 0.1) is 17.0 Å². The van der Waals surface area contributed by atoms with Crippen molar-refractivity contribution in [3.8, 4) is 0 Å². The molecule has 0 aromatic carbocycles. The van der Waals surface area contributed by atoms with Gasteiger partial charge in [0.1, 0.15) is 5.82 Å². The Morgan fingerprint density at radius 2 is 2.25 bits per heavy atom. The van der Waals surface area contributed by atoms with E-state index in [4.69, 9.17) is 5.73 Å². The van der Waals surface area contributed by atoms with E-state index in [-0.39, 0.29) is 0 Å². The van der Waals surface area contributed by atoms with Gasteiger partial charge in [-0.25, -0.2) is 0 Å². The molecule has 0 bridgehead atoms. The monoisotopic (exact) mass is 244 g/mol. The Kier molecular flexibility index (Phi) is 4.09. The third-order valence-corrected chi connectivity index (χ3v) is 3.27. The molecule has 1 aromatic rings.